The van der Waals surface area contributed by atoms with Crippen molar-refractivity contribution in [3.8, 4) is 0 Å². The predicted octanol–water partition coefficient (Wildman–Crippen LogP) is 2.44. The molecule has 1 saturated heterocycles. The Morgan fingerprint density at radius 3 is 2.77 bits per heavy atom. The first-order chi connectivity index (χ1) is 10.5. The Bertz CT molecular complexity index is 473. The lowest BCUT2D eigenvalue weighted by molar-refractivity contribution is -0.139. The van der Waals surface area contributed by atoms with Crippen molar-refractivity contribution in [1.82, 2.24) is 10.2 Å². The fourth-order valence-corrected chi connectivity index (χ4v) is 2.83. The monoisotopic (exact) mass is 304 g/mol. The van der Waals surface area contributed by atoms with E-state index in [0.717, 1.165) is 32.6 Å². The Kier molecular flexibility index (Phi) is 5.98. The van der Waals surface area contributed by atoms with Crippen LogP contribution in [0.5, 0.6) is 0 Å². The number of amides is 1. The lowest BCUT2D eigenvalue weighted by atomic mass is 10.0. The van der Waals surface area contributed by atoms with Gasteiger partial charge in [-0.05, 0) is 44.7 Å². The summed E-state index contributed by atoms with van der Waals surface area (Å²) in [5.74, 6) is 0.642. The van der Waals surface area contributed by atoms with Crippen LogP contribution in [-0.4, -0.2) is 43.2 Å². The molecule has 1 fully saturated rings. The van der Waals surface area contributed by atoms with Crippen molar-refractivity contribution in [3.05, 3.63) is 35.9 Å². The first-order valence-electron chi connectivity index (χ1n) is 8.11. The highest BCUT2D eigenvalue weighted by Gasteiger charge is 2.27. The summed E-state index contributed by atoms with van der Waals surface area (Å²) in [7, 11) is 1.57. The van der Waals surface area contributed by atoms with E-state index in [4.69, 9.17) is 4.74 Å². The first-order valence-corrected chi connectivity index (χ1v) is 8.11. The van der Waals surface area contributed by atoms with Crippen LogP contribution in [0, 0.1) is 5.92 Å². The van der Waals surface area contributed by atoms with Gasteiger partial charge in [-0.15, -0.1) is 0 Å². The summed E-state index contributed by atoms with van der Waals surface area (Å²) in [5.41, 5.74) is 0.632. The normalized spacial score (nSPS) is 19.3. The molecule has 2 rings (SSSR count). The highest BCUT2D eigenvalue weighted by molar-refractivity contribution is 5.84. The second-order valence-corrected chi connectivity index (χ2v) is 6.63. The predicted molar refractivity (Wildman–Crippen MR) is 88.5 cm³/mol. The van der Waals surface area contributed by atoms with Crippen molar-refractivity contribution in [1.29, 1.82) is 0 Å². The van der Waals surface area contributed by atoms with Gasteiger partial charge in [0.15, 0.2) is 0 Å². The van der Waals surface area contributed by atoms with Crippen molar-refractivity contribution in [2.45, 2.75) is 38.8 Å². The number of carbonyl (C=O) groups excluding carboxylic acids is 1. The number of likely N-dealkylation sites (tertiary alicyclic amines) is 1. The molecular formula is C18H28N2O2. The van der Waals surface area contributed by atoms with Crippen LogP contribution in [0.1, 0.15) is 32.3 Å². The first kappa shape index (κ1) is 17.0. The summed E-state index contributed by atoms with van der Waals surface area (Å²) in [4.78, 5) is 14.4. The van der Waals surface area contributed by atoms with Gasteiger partial charge in [-0.25, -0.2) is 0 Å². The molecule has 1 aromatic rings. The SMILES string of the molecule is COC(C)(C)C(=O)NCC[C@H]1CCN(Cc2ccccc2)C1. The number of ether oxygens (including phenoxy) is 1. The third kappa shape index (κ3) is 4.82. The molecule has 1 N–H and O–H groups in total. The third-order valence-corrected chi connectivity index (χ3v) is 4.51. The highest BCUT2D eigenvalue weighted by Crippen LogP contribution is 2.21. The smallest absolute Gasteiger partial charge is 0.251 e. The van der Waals surface area contributed by atoms with E-state index < -0.39 is 5.60 Å². The van der Waals surface area contributed by atoms with Gasteiger partial charge in [-0.2, -0.15) is 0 Å². The molecule has 0 unspecified atom stereocenters. The van der Waals surface area contributed by atoms with Crippen molar-refractivity contribution in [2.24, 2.45) is 5.92 Å². The van der Waals surface area contributed by atoms with Gasteiger partial charge in [0, 0.05) is 26.7 Å². The summed E-state index contributed by atoms with van der Waals surface area (Å²) in [5, 5.41) is 2.98. The number of rotatable bonds is 7. The largest absolute Gasteiger partial charge is 0.369 e. The molecule has 0 aromatic heterocycles. The Morgan fingerprint density at radius 2 is 2.09 bits per heavy atom. The minimum Gasteiger partial charge on any atom is -0.369 e. The lowest BCUT2D eigenvalue weighted by Crippen LogP contribution is -2.44. The van der Waals surface area contributed by atoms with E-state index in [9.17, 15) is 4.79 Å². The van der Waals surface area contributed by atoms with E-state index in [-0.39, 0.29) is 5.91 Å². The maximum absolute atomic E-state index is 11.9. The van der Waals surface area contributed by atoms with Gasteiger partial charge < -0.3 is 10.1 Å². The summed E-state index contributed by atoms with van der Waals surface area (Å²) in [6.45, 7) is 7.62. The minimum absolute atomic E-state index is 0.0332. The van der Waals surface area contributed by atoms with Crippen LogP contribution < -0.4 is 5.32 Å². The van der Waals surface area contributed by atoms with E-state index in [1.807, 2.05) is 0 Å². The molecule has 4 heteroatoms. The molecule has 0 saturated carbocycles. The zero-order valence-corrected chi connectivity index (χ0v) is 14.0. The molecule has 1 atom stereocenters. The maximum atomic E-state index is 11.9. The zero-order chi connectivity index (χ0) is 16.0. The standard InChI is InChI=1S/C18H28N2O2/c1-18(2,22-3)17(21)19-11-9-16-10-12-20(14-16)13-15-7-5-4-6-8-15/h4-8,16H,9-14H2,1-3H3,(H,19,21)/t16-/m0/s1. The van der Waals surface area contributed by atoms with E-state index in [1.54, 1.807) is 21.0 Å². The molecule has 0 aliphatic carbocycles. The second kappa shape index (κ2) is 7.75. The lowest BCUT2D eigenvalue weighted by Gasteiger charge is -2.22. The topological polar surface area (TPSA) is 41.6 Å². The molecule has 4 nitrogen and oxygen atoms in total. The number of nitrogens with zero attached hydrogens (tertiary/aromatic N) is 1. The van der Waals surface area contributed by atoms with E-state index in [1.165, 1.54) is 12.0 Å². The van der Waals surface area contributed by atoms with Crippen molar-refractivity contribution < 1.29 is 9.53 Å². The Labute approximate surface area is 133 Å². The molecule has 1 aliphatic heterocycles. The van der Waals surface area contributed by atoms with Crippen LogP contribution in [0.4, 0.5) is 0 Å². The summed E-state index contributed by atoms with van der Waals surface area (Å²) >= 11 is 0. The van der Waals surface area contributed by atoms with Gasteiger partial charge >= 0.3 is 0 Å². The van der Waals surface area contributed by atoms with Crippen LogP contribution >= 0.6 is 0 Å². The quantitative estimate of drug-likeness (QED) is 0.841. The van der Waals surface area contributed by atoms with Crippen molar-refractivity contribution >= 4 is 5.91 Å². The average Bonchev–Trinajstić information content (AvgIpc) is 2.95. The molecule has 1 amide bonds. The molecule has 1 aliphatic rings. The Hall–Kier alpha value is -1.39. The fourth-order valence-electron chi connectivity index (χ4n) is 2.83. The van der Waals surface area contributed by atoms with E-state index in [0.29, 0.717) is 5.92 Å². The van der Waals surface area contributed by atoms with Gasteiger partial charge in [0.2, 0.25) is 0 Å². The van der Waals surface area contributed by atoms with Crippen LogP contribution in [0.2, 0.25) is 0 Å². The van der Waals surface area contributed by atoms with Crippen molar-refractivity contribution in [2.75, 3.05) is 26.7 Å². The minimum atomic E-state index is -0.741. The van der Waals surface area contributed by atoms with E-state index in [2.05, 4.69) is 40.5 Å². The molecule has 1 heterocycles. The van der Waals surface area contributed by atoms with E-state index >= 15 is 0 Å². The zero-order valence-electron chi connectivity index (χ0n) is 14.0. The second-order valence-electron chi connectivity index (χ2n) is 6.63. The maximum Gasteiger partial charge on any atom is 0.251 e. The number of benzene rings is 1. The molecular weight excluding hydrogens is 276 g/mol. The summed E-state index contributed by atoms with van der Waals surface area (Å²) in [6.07, 6.45) is 2.26. The number of nitrogens with one attached hydrogen (secondary N) is 1. The molecule has 1 aromatic carbocycles. The number of hydrogen-bond acceptors (Lipinski definition) is 3. The van der Waals surface area contributed by atoms with Crippen LogP contribution in [0.25, 0.3) is 0 Å². The molecule has 0 spiro atoms. The molecule has 22 heavy (non-hydrogen) atoms. The fraction of sp³-hybridized carbons (Fsp3) is 0.611. The molecule has 0 bridgehead atoms. The van der Waals surface area contributed by atoms with Gasteiger partial charge in [-0.1, -0.05) is 30.3 Å². The molecule has 122 valence electrons. The summed E-state index contributed by atoms with van der Waals surface area (Å²) in [6, 6.07) is 10.6. The Balaban J connectivity index is 1.68. The molecule has 0 radical (unpaired) electrons. The summed E-state index contributed by atoms with van der Waals surface area (Å²) < 4.78 is 5.19. The highest BCUT2D eigenvalue weighted by atomic mass is 16.5. The van der Waals surface area contributed by atoms with Gasteiger partial charge in [0.05, 0.1) is 0 Å². The van der Waals surface area contributed by atoms with Gasteiger partial charge in [0.25, 0.3) is 5.91 Å². The Morgan fingerprint density at radius 1 is 1.36 bits per heavy atom. The van der Waals surface area contributed by atoms with Crippen LogP contribution in [-0.2, 0) is 16.1 Å². The number of methoxy groups -OCH3 is 1. The van der Waals surface area contributed by atoms with Crippen LogP contribution in [0.3, 0.4) is 0 Å². The average molecular weight is 304 g/mol. The van der Waals surface area contributed by atoms with Crippen LogP contribution in [0.15, 0.2) is 30.3 Å². The van der Waals surface area contributed by atoms with Crippen molar-refractivity contribution in [3.63, 3.8) is 0 Å². The third-order valence-electron chi connectivity index (χ3n) is 4.51. The van der Waals surface area contributed by atoms with Gasteiger partial charge in [-0.3, -0.25) is 9.69 Å². The van der Waals surface area contributed by atoms with Gasteiger partial charge in [0.1, 0.15) is 5.60 Å². The number of hydrogen-bond donors (Lipinski definition) is 1. The number of carbonyl (C=O) groups is 1.